The predicted molar refractivity (Wildman–Crippen MR) is 123 cm³/mol. The van der Waals surface area contributed by atoms with Crippen molar-refractivity contribution in [3.63, 3.8) is 0 Å². The van der Waals surface area contributed by atoms with Crippen LogP contribution in [0.2, 0.25) is 5.02 Å². The van der Waals surface area contributed by atoms with Crippen molar-refractivity contribution in [1.29, 1.82) is 0 Å². The molecule has 0 spiro atoms. The lowest BCUT2D eigenvalue weighted by molar-refractivity contribution is 0.0696. The molecule has 3 aromatic rings. The van der Waals surface area contributed by atoms with Crippen molar-refractivity contribution in [2.45, 2.75) is 35.3 Å². The van der Waals surface area contributed by atoms with Crippen molar-refractivity contribution >= 4 is 27.4 Å². The zero-order valence-electron chi connectivity index (χ0n) is 17.4. The van der Waals surface area contributed by atoms with E-state index in [9.17, 15) is 18.3 Å². The van der Waals surface area contributed by atoms with E-state index in [-0.39, 0.29) is 21.4 Å². The fourth-order valence-corrected chi connectivity index (χ4v) is 4.75. The Morgan fingerprint density at radius 2 is 1.59 bits per heavy atom. The van der Waals surface area contributed by atoms with Gasteiger partial charge in [-0.05, 0) is 73.0 Å². The Hall–Kier alpha value is -2.71. The highest BCUT2D eigenvalue weighted by Crippen LogP contribution is 2.22. The van der Waals surface area contributed by atoms with Crippen LogP contribution in [0, 0.1) is 0 Å². The minimum absolute atomic E-state index is 0.0289. The second kappa shape index (κ2) is 10.3. The number of hydrogen-bond acceptors (Lipinski definition) is 5. The summed E-state index contributed by atoms with van der Waals surface area (Å²) in [4.78, 5) is 11.1. The molecule has 0 aliphatic heterocycles. The van der Waals surface area contributed by atoms with Gasteiger partial charge in [0.05, 0.1) is 21.5 Å². The van der Waals surface area contributed by atoms with Gasteiger partial charge in [0.25, 0.3) is 0 Å². The summed E-state index contributed by atoms with van der Waals surface area (Å²) in [5, 5.41) is 23.1. The van der Waals surface area contributed by atoms with E-state index in [1.807, 2.05) is 13.0 Å². The molecule has 3 rings (SSSR count). The first kappa shape index (κ1) is 23.9. The summed E-state index contributed by atoms with van der Waals surface area (Å²) in [7, 11) is -3.73. The lowest BCUT2D eigenvalue weighted by atomic mass is 10.1. The second-order valence-electron chi connectivity index (χ2n) is 7.56. The minimum atomic E-state index is -3.73. The summed E-state index contributed by atoms with van der Waals surface area (Å²) >= 11 is 5.96. The van der Waals surface area contributed by atoms with Gasteiger partial charge in [0, 0.05) is 17.6 Å². The molecule has 0 heterocycles. The summed E-state index contributed by atoms with van der Waals surface area (Å²) in [5.74, 6) is -1.11. The van der Waals surface area contributed by atoms with Crippen molar-refractivity contribution in [2.24, 2.45) is 0 Å². The van der Waals surface area contributed by atoms with Crippen molar-refractivity contribution in [3.8, 4) is 0 Å². The molecular weight excluding hydrogens is 450 g/mol. The van der Waals surface area contributed by atoms with Crippen LogP contribution in [0.5, 0.6) is 0 Å². The quantitative estimate of drug-likeness (QED) is 0.432. The summed E-state index contributed by atoms with van der Waals surface area (Å²) in [6, 6.07) is 18.9. The lowest BCUT2D eigenvalue weighted by Crippen LogP contribution is -2.32. The Morgan fingerprint density at radius 1 is 1.00 bits per heavy atom. The normalized spacial score (nSPS) is 13.5. The number of hydrogen-bond donors (Lipinski definition) is 3. The van der Waals surface area contributed by atoms with Gasteiger partial charge >= 0.3 is 5.97 Å². The standard InChI is InChI=1S/C24H24ClNO5S/c1-16(26-15-23(27)19-3-2-4-20(25)14-19)13-17-5-9-21(10-6-17)32(30,31)22-11-7-18(8-12-22)24(28)29/h2-12,14,16,23,26-27H,13,15H2,1H3,(H,28,29)/t16-,23+/m0/s1. The number of benzene rings is 3. The Kier molecular flexibility index (Phi) is 7.69. The van der Waals surface area contributed by atoms with Gasteiger partial charge in [-0.25, -0.2) is 13.2 Å². The van der Waals surface area contributed by atoms with Crippen LogP contribution in [0.25, 0.3) is 0 Å². The van der Waals surface area contributed by atoms with Crippen molar-refractivity contribution in [3.05, 3.63) is 94.5 Å². The van der Waals surface area contributed by atoms with E-state index in [0.717, 1.165) is 11.1 Å². The first-order valence-corrected chi connectivity index (χ1v) is 11.9. The zero-order valence-corrected chi connectivity index (χ0v) is 19.0. The van der Waals surface area contributed by atoms with E-state index in [0.29, 0.717) is 18.0 Å². The molecule has 168 valence electrons. The van der Waals surface area contributed by atoms with Crippen LogP contribution in [0.3, 0.4) is 0 Å². The van der Waals surface area contributed by atoms with Gasteiger partial charge in [-0.15, -0.1) is 0 Å². The Balaban J connectivity index is 1.60. The van der Waals surface area contributed by atoms with Crippen molar-refractivity contribution in [2.75, 3.05) is 6.54 Å². The molecule has 0 saturated heterocycles. The van der Waals surface area contributed by atoms with E-state index in [1.165, 1.54) is 24.3 Å². The molecule has 32 heavy (non-hydrogen) atoms. The van der Waals surface area contributed by atoms with Gasteiger partial charge < -0.3 is 15.5 Å². The molecule has 0 bridgehead atoms. The number of sulfone groups is 1. The summed E-state index contributed by atoms with van der Waals surface area (Å²) in [6.07, 6.45) is -0.0354. The summed E-state index contributed by atoms with van der Waals surface area (Å²) in [6.45, 7) is 2.35. The summed E-state index contributed by atoms with van der Waals surface area (Å²) in [5.41, 5.74) is 1.71. The van der Waals surface area contributed by atoms with Crippen LogP contribution < -0.4 is 5.32 Å². The Bertz CT molecular complexity index is 1180. The minimum Gasteiger partial charge on any atom is -0.478 e. The van der Waals surface area contributed by atoms with Gasteiger partial charge in [0.1, 0.15) is 0 Å². The number of rotatable bonds is 9. The lowest BCUT2D eigenvalue weighted by Gasteiger charge is -2.18. The molecule has 3 aromatic carbocycles. The number of halogens is 1. The SMILES string of the molecule is C[C@@H](Cc1ccc(S(=O)(=O)c2ccc(C(=O)O)cc2)cc1)NC[C@@H](O)c1cccc(Cl)c1. The molecule has 0 aliphatic rings. The van der Waals surface area contributed by atoms with Gasteiger partial charge in [0.2, 0.25) is 9.84 Å². The number of carboxylic acid groups (broad SMARTS) is 1. The van der Waals surface area contributed by atoms with E-state index in [1.54, 1.807) is 42.5 Å². The third-order valence-electron chi connectivity index (χ3n) is 5.08. The molecule has 2 atom stereocenters. The van der Waals surface area contributed by atoms with Crippen molar-refractivity contribution in [1.82, 2.24) is 5.32 Å². The smallest absolute Gasteiger partial charge is 0.335 e. The first-order chi connectivity index (χ1) is 15.2. The predicted octanol–water partition coefficient (Wildman–Crippen LogP) is 4.13. The van der Waals surface area contributed by atoms with Crippen LogP contribution in [-0.4, -0.2) is 37.2 Å². The summed E-state index contributed by atoms with van der Waals surface area (Å²) < 4.78 is 25.6. The largest absolute Gasteiger partial charge is 0.478 e. The van der Waals surface area contributed by atoms with Gasteiger partial charge in [-0.2, -0.15) is 0 Å². The fraction of sp³-hybridized carbons (Fsp3) is 0.208. The molecule has 8 heteroatoms. The molecule has 0 fully saturated rings. The van der Waals surface area contributed by atoms with Crippen LogP contribution in [0.15, 0.2) is 82.6 Å². The van der Waals surface area contributed by atoms with E-state index in [2.05, 4.69) is 5.32 Å². The number of aliphatic hydroxyl groups is 1. The third kappa shape index (κ3) is 5.95. The highest BCUT2D eigenvalue weighted by Gasteiger charge is 2.18. The third-order valence-corrected chi connectivity index (χ3v) is 7.10. The van der Waals surface area contributed by atoms with Crippen LogP contribution in [0.4, 0.5) is 0 Å². The number of carboxylic acids is 1. The first-order valence-electron chi connectivity index (χ1n) is 10.0. The highest BCUT2D eigenvalue weighted by molar-refractivity contribution is 7.91. The Labute approximate surface area is 192 Å². The maximum atomic E-state index is 12.8. The Morgan fingerprint density at radius 3 is 2.16 bits per heavy atom. The van der Waals surface area contributed by atoms with E-state index < -0.39 is 21.9 Å². The molecular formula is C24H24ClNO5S. The molecule has 3 N–H and O–H groups in total. The molecule has 0 amide bonds. The zero-order chi connectivity index (χ0) is 23.3. The molecule has 0 aromatic heterocycles. The van der Waals surface area contributed by atoms with E-state index >= 15 is 0 Å². The molecule has 6 nitrogen and oxygen atoms in total. The maximum absolute atomic E-state index is 12.8. The maximum Gasteiger partial charge on any atom is 0.335 e. The van der Waals surface area contributed by atoms with Gasteiger partial charge in [-0.1, -0.05) is 35.9 Å². The topological polar surface area (TPSA) is 104 Å². The molecule has 0 unspecified atom stereocenters. The monoisotopic (exact) mass is 473 g/mol. The number of carbonyl (C=O) groups is 1. The average Bonchev–Trinajstić information content (AvgIpc) is 2.78. The average molecular weight is 474 g/mol. The number of aromatic carboxylic acids is 1. The number of aliphatic hydroxyl groups excluding tert-OH is 1. The molecule has 0 saturated carbocycles. The van der Waals surface area contributed by atoms with Crippen LogP contribution in [-0.2, 0) is 16.3 Å². The molecule has 0 aliphatic carbocycles. The second-order valence-corrected chi connectivity index (χ2v) is 9.95. The van der Waals surface area contributed by atoms with Crippen molar-refractivity contribution < 1.29 is 23.4 Å². The van der Waals surface area contributed by atoms with Crippen LogP contribution >= 0.6 is 11.6 Å². The van der Waals surface area contributed by atoms with Gasteiger partial charge in [0.15, 0.2) is 0 Å². The fourth-order valence-electron chi connectivity index (χ4n) is 3.29. The van der Waals surface area contributed by atoms with E-state index in [4.69, 9.17) is 16.7 Å². The molecule has 0 radical (unpaired) electrons. The highest BCUT2D eigenvalue weighted by atomic mass is 35.5. The van der Waals surface area contributed by atoms with Crippen LogP contribution in [0.1, 0.15) is 34.5 Å². The number of nitrogens with one attached hydrogen (secondary N) is 1. The van der Waals surface area contributed by atoms with Gasteiger partial charge in [-0.3, -0.25) is 0 Å².